The molecule has 0 spiro atoms. The summed E-state index contributed by atoms with van der Waals surface area (Å²) < 4.78 is 17.1. The van der Waals surface area contributed by atoms with Gasteiger partial charge in [-0.25, -0.2) is 0 Å². The first kappa shape index (κ1) is 18.1. The first-order valence-electron chi connectivity index (χ1n) is 7.39. The minimum Gasteiger partial charge on any atom is -0.497 e. The fourth-order valence-corrected chi connectivity index (χ4v) is 3.10. The van der Waals surface area contributed by atoms with E-state index in [2.05, 4.69) is 28.7 Å². The van der Waals surface area contributed by atoms with Crippen LogP contribution in [-0.2, 0) is 0 Å². The summed E-state index contributed by atoms with van der Waals surface area (Å²) in [4.78, 5) is 0. The maximum atomic E-state index is 9.50. The molecule has 4 nitrogen and oxygen atoms in total. The van der Waals surface area contributed by atoms with E-state index in [1.807, 2.05) is 49.4 Å². The monoisotopic (exact) mass is 435 g/mol. The Bertz CT molecular complexity index is 776. The van der Waals surface area contributed by atoms with Gasteiger partial charge in [0, 0.05) is 0 Å². The first-order valence-corrected chi connectivity index (χ1v) is 8.47. The van der Waals surface area contributed by atoms with Crippen LogP contribution in [0.25, 0.3) is 11.6 Å². The van der Waals surface area contributed by atoms with Crippen LogP contribution in [0.2, 0.25) is 0 Å². The maximum Gasteiger partial charge on any atom is 0.174 e. The molecule has 0 N–H and O–H groups in total. The fraction of sp³-hybridized carbons (Fsp3) is 0.211. The average Bonchev–Trinajstić information content (AvgIpc) is 2.60. The Morgan fingerprint density at radius 1 is 1.17 bits per heavy atom. The predicted molar refractivity (Wildman–Crippen MR) is 103 cm³/mol. The van der Waals surface area contributed by atoms with Crippen molar-refractivity contribution < 1.29 is 14.2 Å². The lowest BCUT2D eigenvalue weighted by Crippen LogP contribution is -1.98. The molecule has 0 aliphatic heterocycles. The molecule has 0 aromatic heterocycles. The SMILES string of the molecule is CCOc1cc(/C=C(\C#N)c2ccc(OC)cc2)cc(I)c1OC. The summed E-state index contributed by atoms with van der Waals surface area (Å²) in [6.07, 6.45) is 1.84. The van der Waals surface area contributed by atoms with Gasteiger partial charge < -0.3 is 14.2 Å². The van der Waals surface area contributed by atoms with E-state index in [0.29, 0.717) is 23.7 Å². The van der Waals surface area contributed by atoms with E-state index >= 15 is 0 Å². The number of methoxy groups -OCH3 is 2. The summed E-state index contributed by atoms with van der Waals surface area (Å²) in [7, 11) is 3.23. The molecule has 0 fully saturated rings. The van der Waals surface area contributed by atoms with Crippen molar-refractivity contribution in [1.82, 2.24) is 0 Å². The number of halogens is 1. The van der Waals surface area contributed by atoms with Gasteiger partial charge in [0.05, 0.1) is 36.0 Å². The van der Waals surface area contributed by atoms with Crippen LogP contribution in [-0.4, -0.2) is 20.8 Å². The highest BCUT2D eigenvalue weighted by Gasteiger charge is 2.11. The van der Waals surface area contributed by atoms with Crippen LogP contribution in [0.3, 0.4) is 0 Å². The quantitative estimate of drug-likeness (QED) is 0.373. The van der Waals surface area contributed by atoms with E-state index in [1.165, 1.54) is 0 Å². The average molecular weight is 435 g/mol. The molecule has 0 saturated carbocycles. The summed E-state index contributed by atoms with van der Waals surface area (Å²) in [5.41, 5.74) is 2.29. The molecule has 0 aliphatic carbocycles. The lowest BCUT2D eigenvalue weighted by Gasteiger charge is -2.12. The highest BCUT2D eigenvalue weighted by Crippen LogP contribution is 2.35. The summed E-state index contributed by atoms with van der Waals surface area (Å²) in [5, 5.41) is 9.50. The van der Waals surface area contributed by atoms with Crippen molar-refractivity contribution in [1.29, 1.82) is 5.26 Å². The van der Waals surface area contributed by atoms with E-state index in [1.54, 1.807) is 14.2 Å². The topological polar surface area (TPSA) is 51.5 Å². The van der Waals surface area contributed by atoms with Crippen molar-refractivity contribution in [2.45, 2.75) is 6.92 Å². The third-order valence-electron chi connectivity index (χ3n) is 3.37. The molecule has 0 aliphatic rings. The lowest BCUT2D eigenvalue weighted by molar-refractivity contribution is 0.309. The summed E-state index contributed by atoms with van der Waals surface area (Å²) >= 11 is 2.20. The standard InChI is InChI=1S/C19H18INO3/c1-4-24-18-11-13(10-17(20)19(18)23-3)9-15(12-21)14-5-7-16(22-2)8-6-14/h5-11H,4H2,1-3H3/b15-9+. The number of nitrogens with zero attached hydrogens (tertiary/aromatic N) is 1. The van der Waals surface area contributed by atoms with Gasteiger partial charge in [0.15, 0.2) is 11.5 Å². The van der Waals surface area contributed by atoms with Crippen LogP contribution in [0.15, 0.2) is 36.4 Å². The predicted octanol–water partition coefficient (Wildman–Crippen LogP) is 4.77. The summed E-state index contributed by atoms with van der Waals surface area (Å²) in [5.74, 6) is 2.14. The highest BCUT2D eigenvalue weighted by atomic mass is 127. The van der Waals surface area contributed by atoms with E-state index < -0.39 is 0 Å². The van der Waals surface area contributed by atoms with Gasteiger partial charge in [-0.2, -0.15) is 5.26 Å². The first-order chi connectivity index (χ1) is 11.6. The highest BCUT2D eigenvalue weighted by molar-refractivity contribution is 14.1. The zero-order valence-corrected chi connectivity index (χ0v) is 16.0. The van der Waals surface area contributed by atoms with Crippen molar-refractivity contribution >= 4 is 34.2 Å². The van der Waals surface area contributed by atoms with Gasteiger partial charge in [-0.05, 0) is 83.1 Å². The second kappa shape index (κ2) is 8.60. The van der Waals surface area contributed by atoms with E-state index in [-0.39, 0.29) is 0 Å². The Labute approximate surface area is 155 Å². The normalized spacial score (nSPS) is 10.9. The molecule has 0 unspecified atom stereocenters. The van der Waals surface area contributed by atoms with Crippen LogP contribution < -0.4 is 14.2 Å². The van der Waals surface area contributed by atoms with Crippen LogP contribution in [0.4, 0.5) is 0 Å². The van der Waals surface area contributed by atoms with Gasteiger partial charge in [-0.3, -0.25) is 0 Å². The van der Waals surface area contributed by atoms with Gasteiger partial charge in [0.25, 0.3) is 0 Å². The van der Waals surface area contributed by atoms with Gasteiger partial charge in [-0.1, -0.05) is 0 Å². The van der Waals surface area contributed by atoms with Gasteiger partial charge in [0.1, 0.15) is 5.75 Å². The zero-order chi connectivity index (χ0) is 17.5. The van der Waals surface area contributed by atoms with Crippen LogP contribution in [0.1, 0.15) is 18.1 Å². The van der Waals surface area contributed by atoms with Crippen molar-refractivity contribution in [3.05, 3.63) is 51.1 Å². The molecule has 24 heavy (non-hydrogen) atoms. The maximum absolute atomic E-state index is 9.50. The number of benzene rings is 2. The second-order valence-corrected chi connectivity index (χ2v) is 6.03. The zero-order valence-electron chi connectivity index (χ0n) is 13.8. The number of ether oxygens (including phenoxy) is 3. The van der Waals surface area contributed by atoms with Gasteiger partial charge in [0.2, 0.25) is 0 Å². The molecule has 0 atom stereocenters. The Hall–Kier alpha value is -2.20. The van der Waals surface area contributed by atoms with Crippen molar-refractivity contribution in [2.24, 2.45) is 0 Å². The molecule has 2 rings (SSSR count). The van der Waals surface area contributed by atoms with Gasteiger partial charge >= 0.3 is 0 Å². The van der Waals surface area contributed by atoms with Gasteiger partial charge in [-0.15, -0.1) is 0 Å². The smallest absolute Gasteiger partial charge is 0.174 e. The minimum absolute atomic E-state index is 0.545. The van der Waals surface area contributed by atoms with Crippen molar-refractivity contribution in [3.8, 4) is 23.3 Å². The Morgan fingerprint density at radius 3 is 2.42 bits per heavy atom. The fourth-order valence-electron chi connectivity index (χ4n) is 2.25. The molecule has 0 bridgehead atoms. The number of hydrogen-bond acceptors (Lipinski definition) is 4. The molecular formula is C19H18INO3. The lowest BCUT2D eigenvalue weighted by atomic mass is 10.0. The van der Waals surface area contributed by atoms with Crippen LogP contribution in [0.5, 0.6) is 17.2 Å². The molecular weight excluding hydrogens is 417 g/mol. The Balaban J connectivity index is 2.45. The third kappa shape index (κ3) is 4.20. The Morgan fingerprint density at radius 2 is 1.88 bits per heavy atom. The summed E-state index contributed by atoms with van der Waals surface area (Å²) in [6, 6.07) is 13.5. The molecule has 0 heterocycles. The van der Waals surface area contributed by atoms with Crippen molar-refractivity contribution in [3.63, 3.8) is 0 Å². The number of allylic oxidation sites excluding steroid dienone is 1. The number of hydrogen-bond donors (Lipinski definition) is 0. The molecule has 5 heteroatoms. The van der Waals surface area contributed by atoms with E-state index in [9.17, 15) is 5.26 Å². The molecule has 124 valence electrons. The molecule has 0 saturated heterocycles. The largest absolute Gasteiger partial charge is 0.497 e. The Kier molecular flexibility index (Phi) is 6.50. The van der Waals surface area contributed by atoms with E-state index in [0.717, 1.165) is 20.4 Å². The summed E-state index contributed by atoms with van der Waals surface area (Å²) in [6.45, 7) is 2.47. The number of rotatable bonds is 6. The molecule has 2 aromatic rings. The second-order valence-electron chi connectivity index (χ2n) is 4.87. The molecule has 0 amide bonds. The molecule has 2 aromatic carbocycles. The van der Waals surface area contributed by atoms with E-state index in [4.69, 9.17) is 14.2 Å². The molecule has 0 radical (unpaired) electrons. The number of nitriles is 1. The van der Waals surface area contributed by atoms with Crippen LogP contribution >= 0.6 is 22.6 Å². The third-order valence-corrected chi connectivity index (χ3v) is 4.17. The minimum atomic E-state index is 0.545. The van der Waals surface area contributed by atoms with Crippen LogP contribution in [0, 0.1) is 14.9 Å². The van der Waals surface area contributed by atoms with Crippen molar-refractivity contribution in [2.75, 3.05) is 20.8 Å².